The number of aromatic nitrogens is 4. The first-order chi connectivity index (χ1) is 19.8. The summed E-state index contributed by atoms with van der Waals surface area (Å²) < 4.78 is 3.41. The van der Waals surface area contributed by atoms with Crippen LogP contribution in [0, 0.1) is 11.8 Å². The first kappa shape index (κ1) is 28.1. The second-order valence-corrected chi connectivity index (χ2v) is 13.2. The van der Waals surface area contributed by atoms with Crippen molar-refractivity contribution >= 4 is 16.9 Å². The van der Waals surface area contributed by atoms with E-state index in [2.05, 4.69) is 24.2 Å². The van der Waals surface area contributed by atoms with Gasteiger partial charge in [0.25, 0.3) is 5.56 Å². The maximum atomic E-state index is 13.6. The number of carbonyl (C=O) groups is 1. The van der Waals surface area contributed by atoms with E-state index in [1.807, 2.05) is 34.8 Å². The third-order valence-corrected chi connectivity index (χ3v) is 10.4. The Balaban J connectivity index is 1.11. The summed E-state index contributed by atoms with van der Waals surface area (Å²) in [6.07, 6.45) is 13.2. The largest absolute Gasteiger partial charge is 0.388 e. The number of hydrogen-bond donors (Lipinski definition) is 1. The Kier molecular flexibility index (Phi) is 8.03. The van der Waals surface area contributed by atoms with E-state index in [0.717, 1.165) is 35.0 Å². The molecular formula is C33H45N5O3. The summed E-state index contributed by atoms with van der Waals surface area (Å²) in [6.45, 7) is 3.21. The molecule has 2 saturated carbocycles. The molecule has 3 heterocycles. The van der Waals surface area contributed by atoms with Crippen LogP contribution in [0.5, 0.6) is 0 Å². The van der Waals surface area contributed by atoms with Crippen molar-refractivity contribution in [2.24, 2.45) is 18.9 Å². The number of hydrogen-bond acceptors (Lipinski definition) is 5. The van der Waals surface area contributed by atoms with Gasteiger partial charge in [-0.05, 0) is 49.0 Å². The number of rotatable bonds is 7. The van der Waals surface area contributed by atoms with Gasteiger partial charge in [0.15, 0.2) is 5.52 Å². The van der Waals surface area contributed by atoms with E-state index in [0.29, 0.717) is 43.8 Å². The minimum atomic E-state index is -1.06. The van der Waals surface area contributed by atoms with Crippen molar-refractivity contribution in [1.29, 1.82) is 0 Å². The average molecular weight is 560 g/mol. The van der Waals surface area contributed by atoms with Gasteiger partial charge in [-0.25, -0.2) is 4.98 Å². The monoisotopic (exact) mass is 559 g/mol. The Morgan fingerprint density at radius 2 is 1.73 bits per heavy atom. The minimum absolute atomic E-state index is 0.113. The quantitative estimate of drug-likeness (QED) is 0.433. The highest BCUT2D eigenvalue weighted by molar-refractivity contribution is 5.77. The molecule has 1 aliphatic heterocycles. The molecule has 0 bridgehead atoms. The van der Waals surface area contributed by atoms with Crippen molar-refractivity contribution in [2.75, 3.05) is 13.1 Å². The third-order valence-electron chi connectivity index (χ3n) is 10.4. The number of carbonyl (C=O) groups excluding carboxylic acids is 1. The molecule has 3 atom stereocenters. The summed E-state index contributed by atoms with van der Waals surface area (Å²) in [6, 6.07) is 10.1. The molecule has 2 unspecified atom stereocenters. The van der Waals surface area contributed by atoms with Crippen LogP contribution in [0.3, 0.4) is 0 Å². The van der Waals surface area contributed by atoms with Crippen molar-refractivity contribution in [2.45, 2.75) is 102 Å². The van der Waals surface area contributed by atoms with E-state index in [1.54, 1.807) is 6.33 Å². The SMILES string of the molecule is C[C@H](CC(=O)N1CCC(O)(Cn2cnc3c(C4CCCC(C5CCCC5)C4)n(C)nc3c2=O)CC1)c1ccccc1. The fourth-order valence-electron chi connectivity index (χ4n) is 7.95. The van der Waals surface area contributed by atoms with Gasteiger partial charge < -0.3 is 10.0 Å². The van der Waals surface area contributed by atoms with Crippen molar-refractivity contribution in [1.82, 2.24) is 24.2 Å². The lowest BCUT2D eigenvalue weighted by atomic mass is 9.73. The van der Waals surface area contributed by atoms with Gasteiger partial charge >= 0.3 is 0 Å². The van der Waals surface area contributed by atoms with Crippen LogP contribution in [0.15, 0.2) is 41.5 Å². The molecule has 3 aliphatic rings. The standard InChI is InChI=1S/C33H45N5O3/c1-23(24-9-4-3-5-10-24)19-28(39)37-17-15-33(41,16-18-37)21-38-22-34-29-30(32(38)40)35-36(2)31(29)27-14-8-13-26(20-27)25-11-6-7-12-25/h3-5,9-10,22-23,25-27,41H,6-8,11-21H2,1-2H3/t23-,26?,27?/m1/s1. The molecule has 1 aromatic carbocycles. The van der Waals surface area contributed by atoms with Gasteiger partial charge in [-0.1, -0.05) is 75.8 Å². The van der Waals surface area contributed by atoms with E-state index in [9.17, 15) is 14.7 Å². The summed E-state index contributed by atoms with van der Waals surface area (Å²) in [5, 5.41) is 16.1. The van der Waals surface area contributed by atoms with Crippen LogP contribution < -0.4 is 5.56 Å². The van der Waals surface area contributed by atoms with Gasteiger partial charge in [0.05, 0.1) is 24.2 Å². The molecule has 3 aromatic rings. The van der Waals surface area contributed by atoms with Gasteiger partial charge in [0.2, 0.25) is 5.91 Å². The summed E-state index contributed by atoms with van der Waals surface area (Å²) in [5.41, 5.74) is 2.14. The summed E-state index contributed by atoms with van der Waals surface area (Å²) >= 11 is 0. The normalized spacial score (nSPS) is 24.1. The molecule has 2 aromatic heterocycles. The Hall–Kier alpha value is -3.00. The molecule has 0 spiro atoms. The predicted molar refractivity (Wildman–Crippen MR) is 160 cm³/mol. The van der Waals surface area contributed by atoms with Crippen LogP contribution in [0.1, 0.15) is 101 Å². The molecule has 8 nitrogen and oxygen atoms in total. The molecule has 3 fully saturated rings. The van der Waals surface area contributed by atoms with Gasteiger partial charge in [0, 0.05) is 32.5 Å². The molecular weight excluding hydrogens is 514 g/mol. The molecule has 0 radical (unpaired) electrons. The molecule has 8 heteroatoms. The van der Waals surface area contributed by atoms with Crippen LogP contribution in [-0.4, -0.2) is 53.9 Å². The lowest BCUT2D eigenvalue weighted by molar-refractivity contribution is -0.136. The zero-order valence-corrected chi connectivity index (χ0v) is 24.7. The molecule has 1 amide bonds. The highest BCUT2D eigenvalue weighted by Gasteiger charge is 2.36. The number of amides is 1. The average Bonchev–Trinajstić information content (AvgIpc) is 3.64. The molecule has 1 N–H and O–H groups in total. The first-order valence-electron chi connectivity index (χ1n) is 15.8. The molecule has 220 valence electrons. The maximum absolute atomic E-state index is 13.6. The van der Waals surface area contributed by atoms with Crippen molar-refractivity contribution < 1.29 is 9.90 Å². The summed E-state index contributed by atoms with van der Waals surface area (Å²) in [5.74, 6) is 2.28. The van der Waals surface area contributed by atoms with Crippen LogP contribution >= 0.6 is 0 Å². The Morgan fingerprint density at radius 3 is 2.46 bits per heavy atom. The Bertz CT molecular complexity index is 1420. The summed E-state index contributed by atoms with van der Waals surface area (Å²) in [4.78, 5) is 33.2. The van der Waals surface area contributed by atoms with Crippen LogP contribution in [-0.2, 0) is 18.4 Å². The number of benzene rings is 1. The Morgan fingerprint density at radius 1 is 1.02 bits per heavy atom. The fourth-order valence-corrected chi connectivity index (χ4v) is 7.95. The van der Waals surface area contributed by atoms with E-state index in [-0.39, 0.29) is 23.9 Å². The Labute approximate surface area is 242 Å². The highest BCUT2D eigenvalue weighted by Crippen LogP contribution is 2.45. The zero-order valence-electron chi connectivity index (χ0n) is 24.7. The number of fused-ring (bicyclic) bond motifs is 1. The second-order valence-electron chi connectivity index (χ2n) is 13.2. The van der Waals surface area contributed by atoms with Crippen molar-refractivity contribution in [3.8, 4) is 0 Å². The predicted octanol–water partition coefficient (Wildman–Crippen LogP) is 5.14. The number of likely N-dealkylation sites (tertiary alicyclic amines) is 1. The lowest BCUT2D eigenvalue weighted by Gasteiger charge is -2.38. The number of nitrogens with zero attached hydrogens (tertiary/aromatic N) is 5. The molecule has 1 saturated heterocycles. The lowest BCUT2D eigenvalue weighted by Crippen LogP contribution is -2.49. The number of piperidine rings is 1. The van der Waals surface area contributed by atoms with Gasteiger partial charge in [0.1, 0.15) is 5.52 Å². The van der Waals surface area contributed by atoms with Gasteiger partial charge in [-0.15, -0.1) is 0 Å². The van der Waals surface area contributed by atoms with Crippen LogP contribution in [0.2, 0.25) is 0 Å². The van der Waals surface area contributed by atoms with Gasteiger partial charge in [-0.2, -0.15) is 5.10 Å². The third kappa shape index (κ3) is 5.85. The number of aryl methyl sites for hydroxylation is 1. The molecule has 6 rings (SSSR count). The molecule has 2 aliphatic carbocycles. The van der Waals surface area contributed by atoms with Crippen molar-refractivity contribution in [3.05, 3.63) is 58.3 Å². The van der Waals surface area contributed by atoms with Crippen LogP contribution in [0.25, 0.3) is 11.0 Å². The highest BCUT2D eigenvalue weighted by atomic mass is 16.3. The fraction of sp³-hybridized carbons (Fsp3) is 0.636. The second kappa shape index (κ2) is 11.7. The number of aliphatic hydroxyl groups is 1. The van der Waals surface area contributed by atoms with E-state index >= 15 is 0 Å². The first-order valence-corrected chi connectivity index (χ1v) is 15.8. The minimum Gasteiger partial charge on any atom is -0.388 e. The smallest absolute Gasteiger partial charge is 0.281 e. The summed E-state index contributed by atoms with van der Waals surface area (Å²) in [7, 11) is 1.94. The van der Waals surface area contributed by atoms with E-state index in [1.165, 1.54) is 49.5 Å². The maximum Gasteiger partial charge on any atom is 0.281 e. The zero-order chi connectivity index (χ0) is 28.6. The van der Waals surface area contributed by atoms with Gasteiger partial charge in [-0.3, -0.25) is 18.8 Å². The topological polar surface area (TPSA) is 93.2 Å². The van der Waals surface area contributed by atoms with Crippen molar-refractivity contribution in [3.63, 3.8) is 0 Å². The van der Waals surface area contributed by atoms with E-state index in [4.69, 9.17) is 4.98 Å². The molecule has 41 heavy (non-hydrogen) atoms. The van der Waals surface area contributed by atoms with Crippen LogP contribution in [0.4, 0.5) is 0 Å². The van der Waals surface area contributed by atoms with E-state index < -0.39 is 5.60 Å².